The lowest BCUT2D eigenvalue weighted by molar-refractivity contribution is -0.124. The van der Waals surface area contributed by atoms with Gasteiger partial charge in [0.1, 0.15) is 5.82 Å². The van der Waals surface area contributed by atoms with Gasteiger partial charge >= 0.3 is 0 Å². The number of carbonyl (C=O) groups is 2. The van der Waals surface area contributed by atoms with Gasteiger partial charge in [-0.15, -0.1) is 0 Å². The average Bonchev–Trinajstić information content (AvgIpc) is 4.08. The number of fused-ring (bicyclic) bond motifs is 4. The standard InChI is InChI=1S/C16H21N3O2.2C13H18N2.C12H15FN2/c1-17(2)9-10-19-11-13(15(20)16(21)18(3)4)12-7-5-6-8-14(12)19;1-11-4-5-13-12(10-11)6-7-15(13)9-8-14(2)3;1-11-4-5-12-6-7-15(13(12)10-11)9-8-14(2)3;1-14(2)8-9-15-7-6-10-4-3-5-11(13)12(10)15/h5-8,11H,9-10H2,1-4H3;2*4-7,10H,8-9H2,1-3H3;3-7H,8-9H2,1-2H3. The quantitative estimate of drug-likeness (QED) is 0.0804. The summed E-state index contributed by atoms with van der Waals surface area (Å²) < 4.78 is 22.2. The number of ketones is 1. The molecule has 0 saturated heterocycles. The van der Waals surface area contributed by atoms with Crippen LogP contribution in [0.1, 0.15) is 21.5 Å². The van der Waals surface area contributed by atoms with Crippen molar-refractivity contribution in [3.05, 3.63) is 144 Å². The zero-order valence-corrected chi connectivity index (χ0v) is 41.4. The van der Waals surface area contributed by atoms with Gasteiger partial charge in [0.2, 0.25) is 0 Å². The fourth-order valence-corrected chi connectivity index (χ4v) is 7.57. The highest BCUT2D eigenvalue weighted by molar-refractivity contribution is 6.44. The van der Waals surface area contributed by atoms with Crippen LogP contribution in [-0.4, -0.2) is 151 Å². The van der Waals surface area contributed by atoms with Crippen molar-refractivity contribution >= 4 is 55.3 Å². The van der Waals surface area contributed by atoms with E-state index in [1.54, 1.807) is 26.4 Å². The first-order valence-corrected chi connectivity index (χ1v) is 22.7. The molecule has 0 aliphatic rings. The van der Waals surface area contributed by atoms with Crippen LogP contribution in [-0.2, 0) is 31.0 Å². The van der Waals surface area contributed by atoms with E-state index in [9.17, 15) is 14.0 Å². The van der Waals surface area contributed by atoms with Crippen LogP contribution in [0, 0.1) is 19.7 Å². The zero-order valence-electron chi connectivity index (χ0n) is 41.4. The average molecular weight is 898 g/mol. The maximum atomic E-state index is 13.6. The molecule has 12 heteroatoms. The number of amides is 1. The number of halogens is 1. The summed E-state index contributed by atoms with van der Waals surface area (Å²) in [6.07, 6.45) is 8.08. The summed E-state index contributed by atoms with van der Waals surface area (Å²) in [5, 5.41) is 4.47. The van der Waals surface area contributed by atoms with E-state index in [0.29, 0.717) is 11.1 Å². The van der Waals surface area contributed by atoms with Crippen LogP contribution in [0.4, 0.5) is 4.39 Å². The van der Waals surface area contributed by atoms with E-state index in [-0.39, 0.29) is 5.82 Å². The van der Waals surface area contributed by atoms with Crippen molar-refractivity contribution in [2.45, 2.75) is 40.0 Å². The molecule has 0 spiro atoms. The Morgan fingerprint density at radius 1 is 0.485 bits per heavy atom. The number of Topliss-reactive ketones (excluding diaryl/α,β-unsaturated/α-hetero) is 1. The maximum absolute atomic E-state index is 13.6. The van der Waals surface area contributed by atoms with Gasteiger partial charge in [0.05, 0.1) is 11.1 Å². The Hall–Kier alpha value is -6.05. The van der Waals surface area contributed by atoms with Crippen molar-refractivity contribution in [2.75, 3.05) is 96.7 Å². The summed E-state index contributed by atoms with van der Waals surface area (Å²) in [6, 6.07) is 32.4. The largest absolute Gasteiger partial charge is 0.346 e. The fraction of sp³-hybridized carbons (Fsp3) is 0.370. The van der Waals surface area contributed by atoms with Crippen molar-refractivity contribution in [1.29, 1.82) is 0 Å². The summed E-state index contributed by atoms with van der Waals surface area (Å²) in [7, 11) is 19.7. The predicted molar refractivity (Wildman–Crippen MR) is 274 cm³/mol. The predicted octanol–water partition coefficient (Wildman–Crippen LogP) is 8.84. The number of hydrogen-bond donors (Lipinski definition) is 0. The summed E-state index contributed by atoms with van der Waals surface area (Å²) in [5.74, 6) is -1.10. The Morgan fingerprint density at radius 2 is 1.00 bits per heavy atom. The van der Waals surface area contributed by atoms with Gasteiger partial charge in [-0.1, -0.05) is 54.1 Å². The van der Waals surface area contributed by atoms with Gasteiger partial charge in [-0.3, -0.25) is 9.59 Å². The van der Waals surface area contributed by atoms with E-state index < -0.39 is 11.7 Å². The molecule has 0 atom stereocenters. The van der Waals surface area contributed by atoms with Crippen molar-refractivity contribution < 1.29 is 14.0 Å². The second-order valence-corrected chi connectivity index (χ2v) is 18.3. The van der Waals surface area contributed by atoms with Crippen molar-refractivity contribution in [1.82, 2.24) is 42.8 Å². The fourth-order valence-electron chi connectivity index (χ4n) is 7.57. The number of aryl methyl sites for hydroxylation is 2. The Balaban J connectivity index is 0.000000167. The molecule has 4 aromatic carbocycles. The normalized spacial score (nSPS) is 11.3. The van der Waals surface area contributed by atoms with Gasteiger partial charge in [-0.05, 0) is 135 Å². The van der Waals surface area contributed by atoms with Gasteiger partial charge < -0.3 is 42.8 Å². The number of rotatable bonds is 14. The number of aromatic nitrogens is 4. The van der Waals surface area contributed by atoms with E-state index in [1.165, 1.54) is 43.9 Å². The highest BCUT2D eigenvalue weighted by Gasteiger charge is 2.22. The molecular weight excluding hydrogens is 826 g/mol. The first-order valence-electron chi connectivity index (χ1n) is 22.7. The van der Waals surface area contributed by atoms with Gasteiger partial charge in [-0.25, -0.2) is 4.39 Å². The molecule has 0 saturated carbocycles. The molecule has 0 unspecified atom stereocenters. The van der Waals surface area contributed by atoms with Crippen LogP contribution in [0.5, 0.6) is 0 Å². The molecule has 0 aliphatic heterocycles. The van der Waals surface area contributed by atoms with Crippen LogP contribution < -0.4 is 0 Å². The van der Waals surface area contributed by atoms with Crippen LogP contribution in [0.15, 0.2) is 122 Å². The van der Waals surface area contributed by atoms with Gasteiger partial charge in [-0.2, -0.15) is 0 Å². The Bertz CT molecular complexity index is 2800. The third kappa shape index (κ3) is 14.0. The van der Waals surface area contributed by atoms with E-state index in [4.69, 9.17) is 0 Å². The molecule has 8 rings (SSSR count). The van der Waals surface area contributed by atoms with Crippen LogP contribution in [0.25, 0.3) is 43.6 Å². The van der Waals surface area contributed by atoms with E-state index in [2.05, 4.69) is 132 Å². The van der Waals surface area contributed by atoms with Crippen LogP contribution in [0.3, 0.4) is 0 Å². The van der Waals surface area contributed by atoms with E-state index in [1.807, 2.05) is 79.9 Å². The zero-order chi connectivity index (χ0) is 48.1. The van der Waals surface area contributed by atoms with Crippen molar-refractivity contribution in [3.63, 3.8) is 0 Å². The minimum atomic E-state index is -0.495. The third-order valence-corrected chi connectivity index (χ3v) is 11.4. The number of benzene rings is 4. The molecule has 1 amide bonds. The smallest absolute Gasteiger partial charge is 0.294 e. The molecule has 4 aromatic heterocycles. The molecule has 66 heavy (non-hydrogen) atoms. The molecule has 4 heterocycles. The van der Waals surface area contributed by atoms with Gasteiger partial charge in [0.15, 0.2) is 0 Å². The first kappa shape index (κ1) is 50.9. The molecule has 352 valence electrons. The van der Waals surface area contributed by atoms with Crippen LogP contribution >= 0.6 is 0 Å². The SMILES string of the molecule is CN(C)CCn1cc(C(=O)C(=O)N(C)C)c2ccccc21.CN(C)CCn1ccc2cccc(F)c21.Cc1ccc2c(ccn2CCN(C)C)c1.Cc1ccc2ccn(CCN(C)C)c2c1. The monoisotopic (exact) mass is 898 g/mol. The first-order chi connectivity index (χ1) is 31.4. The minimum Gasteiger partial charge on any atom is -0.346 e. The van der Waals surface area contributed by atoms with Crippen molar-refractivity contribution in [2.24, 2.45) is 0 Å². The number of para-hydroxylation sites is 2. The summed E-state index contributed by atoms with van der Waals surface area (Å²) in [6.45, 7) is 11.9. The molecule has 8 aromatic rings. The molecule has 0 bridgehead atoms. The van der Waals surface area contributed by atoms with Gasteiger partial charge in [0.25, 0.3) is 11.7 Å². The Kier molecular flexibility index (Phi) is 18.5. The topological polar surface area (TPSA) is 70.1 Å². The second-order valence-electron chi connectivity index (χ2n) is 18.3. The lowest BCUT2D eigenvalue weighted by atomic mass is 10.1. The molecule has 0 fully saturated rings. The van der Waals surface area contributed by atoms with Crippen molar-refractivity contribution in [3.8, 4) is 0 Å². The summed E-state index contributed by atoms with van der Waals surface area (Å²) >= 11 is 0. The Labute approximate surface area is 391 Å². The van der Waals surface area contributed by atoms with E-state index in [0.717, 1.165) is 68.6 Å². The Morgan fingerprint density at radius 3 is 1.62 bits per heavy atom. The number of carbonyl (C=O) groups excluding carboxylic acids is 2. The molecule has 11 nitrogen and oxygen atoms in total. The highest BCUT2D eigenvalue weighted by Crippen LogP contribution is 2.23. The van der Waals surface area contributed by atoms with Gasteiger partial charge in [0, 0.05) is 119 Å². The third-order valence-electron chi connectivity index (χ3n) is 11.4. The van der Waals surface area contributed by atoms with Crippen LogP contribution in [0.2, 0.25) is 0 Å². The highest BCUT2D eigenvalue weighted by atomic mass is 19.1. The number of nitrogens with zero attached hydrogens (tertiary/aromatic N) is 9. The second kappa shape index (κ2) is 23.9. The number of likely N-dealkylation sites (N-methyl/N-ethyl adjacent to an activating group) is 5. The molecule has 0 aliphatic carbocycles. The van der Waals surface area contributed by atoms with E-state index >= 15 is 0 Å². The summed E-state index contributed by atoms with van der Waals surface area (Å²) in [5.41, 5.74) is 7.50. The molecule has 0 radical (unpaired) electrons. The lowest BCUT2D eigenvalue weighted by Crippen LogP contribution is -2.29. The number of hydrogen-bond acceptors (Lipinski definition) is 6. The minimum absolute atomic E-state index is 0.142. The molecular formula is C54H72FN9O2. The lowest BCUT2D eigenvalue weighted by Gasteiger charge is -2.11. The summed E-state index contributed by atoms with van der Waals surface area (Å²) in [4.78, 5) is 34.2. The maximum Gasteiger partial charge on any atom is 0.294 e. The molecule has 0 N–H and O–H groups in total.